The zero-order chi connectivity index (χ0) is 77.9. The lowest BCUT2D eigenvalue weighted by molar-refractivity contribution is 0.173. The van der Waals surface area contributed by atoms with Gasteiger partial charge in [0.15, 0.2) is 57.5 Å². The van der Waals surface area contributed by atoms with E-state index in [1.54, 1.807) is 35.1 Å². The molecular formula is C87H75N15O12. The number of fused-ring (bicyclic) bond motifs is 12. The standard InChI is InChI=1S/C26H22N4O2.C23H21N5O3.C19H15N3O4.C19H17N3O3/c1-3-30-23-7-5-4-6-18(23)19-11-17(8-9-24(19)30)14-27-29-22-10-16(2)28-21-13-26-25(12-20(21)22)31-15-32-26;1-14-9-20(17-10-21-22(31-13-30-21)11-19(17)24-14)26-25-15(2)18-12-27(3)28(23(18)29)16-7-5-4-6-8-16;1-11-4-15(13-6-18-19(26-10-25-18)7-14(13)21-11)22-20-8-12-2-3-16-17(5-12)24-9-23-16;1-12-6-17(22-20-10-13-4-3-5-14(7-13)23-2)15-8-18-19(25-11-24-18)9-16(15)21-12/h4-14H,3,15H2,1-2H3,(H,28,29);4-12H,13H2,1-3H3,(H,24,26);2-8H,9-10H2,1H3,(H,21,22);3-10H,11H2,1-2H3,(H,21,22)/b27-14+;25-15+;20-8+;20-10+. The lowest BCUT2D eigenvalue weighted by atomic mass is 10.1. The van der Waals surface area contributed by atoms with E-state index in [1.807, 2.05) is 193 Å². The van der Waals surface area contributed by atoms with Gasteiger partial charge in [-0.3, -0.25) is 51.1 Å². The normalized spacial score (nSPS) is 13.3. The van der Waals surface area contributed by atoms with Gasteiger partial charge in [-0.25, -0.2) is 4.68 Å². The molecule has 0 unspecified atom stereocenters. The minimum absolute atomic E-state index is 0.129. The van der Waals surface area contributed by atoms with E-state index >= 15 is 0 Å². The molecule has 0 saturated carbocycles. The first-order chi connectivity index (χ1) is 55.7. The highest BCUT2D eigenvalue weighted by molar-refractivity contribution is 6.10. The van der Waals surface area contributed by atoms with Crippen molar-refractivity contribution in [1.29, 1.82) is 0 Å². The van der Waals surface area contributed by atoms with Crippen LogP contribution in [0.3, 0.4) is 0 Å². The molecule has 5 aliphatic rings. The maximum absolute atomic E-state index is 13.0. The largest absolute Gasteiger partial charge is 0.497 e. The summed E-state index contributed by atoms with van der Waals surface area (Å²) < 4.78 is 65.4. The Morgan fingerprint density at radius 2 is 0.825 bits per heavy atom. The molecule has 6 aromatic heterocycles. The first-order valence-corrected chi connectivity index (χ1v) is 36.6. The van der Waals surface area contributed by atoms with Crippen molar-refractivity contribution in [2.75, 3.05) is 62.8 Å². The van der Waals surface area contributed by atoms with Crippen LogP contribution in [0.5, 0.6) is 63.2 Å². The van der Waals surface area contributed by atoms with Crippen molar-refractivity contribution in [2.24, 2.45) is 27.5 Å². The van der Waals surface area contributed by atoms with Crippen LogP contribution in [0, 0.1) is 27.7 Å². The maximum Gasteiger partial charge on any atom is 0.280 e. The van der Waals surface area contributed by atoms with Gasteiger partial charge < -0.3 is 56.7 Å². The highest BCUT2D eigenvalue weighted by Crippen LogP contribution is 2.43. The summed E-state index contributed by atoms with van der Waals surface area (Å²) in [6.45, 7) is 13.9. The monoisotopic (exact) mass is 1520 g/mol. The highest BCUT2D eigenvalue weighted by Gasteiger charge is 2.23. The number of ether oxygens (including phenoxy) is 11. The zero-order valence-electron chi connectivity index (χ0n) is 63.3. The number of aryl methyl sites for hydroxylation is 6. The Kier molecular flexibility index (Phi) is 19.7. The van der Waals surface area contributed by atoms with Crippen LogP contribution < -0.4 is 79.4 Å². The van der Waals surface area contributed by atoms with Crippen LogP contribution in [0.1, 0.15) is 58.9 Å². The van der Waals surface area contributed by atoms with Gasteiger partial charge in [-0.2, -0.15) is 20.4 Å². The Bertz CT molecular complexity index is 6480. The molecule has 27 heteroatoms. The smallest absolute Gasteiger partial charge is 0.280 e. The van der Waals surface area contributed by atoms with Gasteiger partial charge in [0, 0.05) is 110 Å². The molecule has 0 radical (unpaired) electrons. The van der Waals surface area contributed by atoms with Crippen LogP contribution in [0.2, 0.25) is 0 Å². The predicted octanol–water partition coefficient (Wildman–Crippen LogP) is 16.6. The molecule has 0 amide bonds. The number of benzene rings is 9. The Hall–Kier alpha value is -14.9. The Morgan fingerprint density at radius 3 is 1.30 bits per heavy atom. The Balaban J connectivity index is 0.000000110. The van der Waals surface area contributed by atoms with Gasteiger partial charge in [0.2, 0.25) is 34.0 Å². The molecule has 4 N–H and O–H groups in total. The molecule has 20 rings (SSSR count). The summed E-state index contributed by atoms with van der Waals surface area (Å²) in [7, 11) is 3.48. The van der Waals surface area contributed by atoms with Crippen molar-refractivity contribution < 1.29 is 52.1 Å². The number of nitrogens with zero attached hydrogens (tertiary/aromatic N) is 11. The number of aromatic nitrogens is 7. The van der Waals surface area contributed by atoms with E-state index < -0.39 is 0 Å². The lowest BCUT2D eigenvalue weighted by Gasteiger charge is -2.09. The second-order valence-corrected chi connectivity index (χ2v) is 27.1. The maximum atomic E-state index is 13.0. The van der Waals surface area contributed by atoms with Crippen LogP contribution in [-0.2, 0) is 13.6 Å². The summed E-state index contributed by atoms with van der Waals surface area (Å²) >= 11 is 0. The summed E-state index contributed by atoms with van der Waals surface area (Å²) in [4.78, 5) is 31.4. The number of hydrogen-bond donors (Lipinski definition) is 4. The highest BCUT2D eigenvalue weighted by atomic mass is 16.7. The number of para-hydroxylation sites is 2. The van der Waals surface area contributed by atoms with E-state index in [2.05, 4.69) is 116 Å². The topological polar surface area (TPSA) is 283 Å². The first-order valence-electron chi connectivity index (χ1n) is 36.6. The van der Waals surface area contributed by atoms with Crippen molar-refractivity contribution >= 4 is 113 Å². The van der Waals surface area contributed by atoms with Crippen LogP contribution in [0.4, 0.5) is 22.7 Å². The van der Waals surface area contributed by atoms with Crippen molar-refractivity contribution in [3.8, 4) is 68.9 Å². The van der Waals surface area contributed by atoms with E-state index in [-0.39, 0.29) is 39.5 Å². The number of methoxy groups -OCH3 is 1. The third kappa shape index (κ3) is 14.9. The molecule has 15 aromatic rings. The summed E-state index contributed by atoms with van der Waals surface area (Å²) in [6, 6.07) is 60.9. The molecule has 11 heterocycles. The third-order valence-corrected chi connectivity index (χ3v) is 19.3. The fourth-order valence-electron chi connectivity index (χ4n) is 14.0. The molecule has 5 aliphatic heterocycles. The molecule has 114 heavy (non-hydrogen) atoms. The van der Waals surface area contributed by atoms with Crippen LogP contribution in [0.25, 0.3) is 71.1 Å². The van der Waals surface area contributed by atoms with Gasteiger partial charge in [-0.05, 0) is 167 Å². The Labute approximate surface area is 652 Å². The van der Waals surface area contributed by atoms with E-state index in [9.17, 15) is 4.79 Å². The zero-order valence-corrected chi connectivity index (χ0v) is 63.3. The molecule has 0 aliphatic carbocycles. The molecule has 0 saturated heterocycles. The molecule has 27 nitrogen and oxygen atoms in total. The molecule has 0 spiro atoms. The van der Waals surface area contributed by atoms with E-state index in [0.717, 1.165) is 158 Å². The number of nitrogens with one attached hydrogen (secondary N) is 4. The first kappa shape index (κ1) is 72.0. The average Bonchev–Trinajstić information content (AvgIpc) is 1.59. The van der Waals surface area contributed by atoms with Gasteiger partial charge in [-0.15, -0.1) is 0 Å². The number of rotatable bonds is 15. The van der Waals surface area contributed by atoms with Crippen molar-refractivity contribution in [3.63, 3.8) is 0 Å². The number of pyridine rings is 4. The molecule has 0 bridgehead atoms. The minimum Gasteiger partial charge on any atom is -0.497 e. The lowest BCUT2D eigenvalue weighted by Crippen LogP contribution is -2.22. The minimum atomic E-state index is -0.129. The number of hydrogen-bond acceptors (Lipinski definition) is 24. The molecular weight excluding hydrogens is 1450 g/mol. The second kappa shape index (κ2) is 31.2. The van der Waals surface area contributed by atoms with Crippen molar-refractivity contribution in [3.05, 3.63) is 250 Å². The van der Waals surface area contributed by atoms with Crippen LogP contribution in [0.15, 0.2) is 219 Å². The van der Waals surface area contributed by atoms with Crippen LogP contribution in [-0.4, -0.2) is 99.3 Å². The van der Waals surface area contributed by atoms with E-state index in [1.165, 1.54) is 21.8 Å². The second-order valence-electron chi connectivity index (χ2n) is 27.1. The Morgan fingerprint density at radius 1 is 0.421 bits per heavy atom. The quantitative estimate of drug-likeness (QED) is 0.0548. The van der Waals surface area contributed by atoms with Crippen LogP contribution >= 0.6 is 0 Å². The summed E-state index contributed by atoms with van der Waals surface area (Å²) in [5.74, 6) is 7.96. The summed E-state index contributed by atoms with van der Waals surface area (Å²) in [5, 5.41) is 23.9. The molecule has 0 atom stereocenters. The van der Waals surface area contributed by atoms with Crippen molar-refractivity contribution in [1.82, 2.24) is 33.9 Å². The van der Waals surface area contributed by atoms with Gasteiger partial charge in [0.25, 0.3) is 5.56 Å². The van der Waals surface area contributed by atoms with Gasteiger partial charge >= 0.3 is 0 Å². The molecule has 9 aromatic carbocycles. The number of anilines is 4. The van der Waals surface area contributed by atoms with Gasteiger partial charge in [0.1, 0.15) is 5.75 Å². The summed E-state index contributed by atoms with van der Waals surface area (Å²) in [6.07, 6.45) is 7.11. The third-order valence-electron chi connectivity index (χ3n) is 19.3. The van der Waals surface area contributed by atoms with E-state index in [0.29, 0.717) is 34.3 Å². The molecule has 0 fully saturated rings. The SMILES string of the molecule is C/C(=N\Nc1cc(C)nc2cc3c(cc12)OCO3)c1cn(C)n(-c2ccccc2)c1=O.CCn1c2ccccc2c2cc(/C=N/Nc3cc(C)nc4cc5c(cc34)OCO5)ccc21.COc1cccc(/C=N/Nc2cc(C)nc3cc4c(cc23)OCO4)c1.Cc1cc(N/N=C/c2ccc3c(c2)OCO3)c2cc3c(cc2n1)OCO3. The number of hydrazone groups is 4. The molecule has 570 valence electrons. The fourth-order valence-corrected chi connectivity index (χ4v) is 14.0. The average molecular weight is 1520 g/mol. The van der Waals surface area contributed by atoms with Gasteiger partial charge in [0.05, 0.1) is 87.5 Å². The van der Waals surface area contributed by atoms with E-state index in [4.69, 9.17) is 52.1 Å². The van der Waals surface area contributed by atoms with Gasteiger partial charge in [-0.1, -0.05) is 54.6 Å². The van der Waals surface area contributed by atoms with Crippen molar-refractivity contribution in [2.45, 2.75) is 48.1 Å². The predicted molar refractivity (Wildman–Crippen MR) is 442 cm³/mol. The fraction of sp³-hybridized carbons (Fsp3) is 0.161. The summed E-state index contributed by atoms with van der Waals surface area (Å²) in [5.41, 5.74) is 29.9.